The first-order valence-electron chi connectivity index (χ1n) is 7.64. The number of carbonyl (C=O) groups excluding carboxylic acids is 1. The van der Waals surface area contributed by atoms with Gasteiger partial charge in [0.15, 0.2) is 0 Å². The highest BCUT2D eigenvalue weighted by Crippen LogP contribution is 2.38. The summed E-state index contributed by atoms with van der Waals surface area (Å²) in [6.07, 6.45) is 5.75. The zero-order chi connectivity index (χ0) is 13.3. The van der Waals surface area contributed by atoms with Gasteiger partial charge in [0.1, 0.15) is 5.78 Å². The number of hydrogen-bond donors (Lipinski definition) is 0. The van der Waals surface area contributed by atoms with Crippen LogP contribution in [-0.2, 0) is 4.79 Å². The molecular weight excluding hydrogens is 222 g/mol. The minimum atomic E-state index is 0.287. The highest BCUT2D eigenvalue weighted by atomic mass is 16.1. The van der Waals surface area contributed by atoms with E-state index in [4.69, 9.17) is 0 Å². The molecule has 0 heterocycles. The monoisotopic (exact) mass is 251 g/mol. The van der Waals surface area contributed by atoms with Gasteiger partial charge in [-0.25, -0.2) is 0 Å². The second-order valence-electron chi connectivity index (χ2n) is 7.52. The van der Waals surface area contributed by atoms with Crippen LogP contribution >= 0.6 is 0 Å². The SMILES string of the molecule is CC(C)N(CC1CC1)CC1CC(C)(C)CCC1=O. The summed E-state index contributed by atoms with van der Waals surface area (Å²) in [5.74, 6) is 1.71. The van der Waals surface area contributed by atoms with Crippen LogP contribution in [0.5, 0.6) is 0 Å². The molecule has 0 aliphatic heterocycles. The van der Waals surface area contributed by atoms with Crippen molar-refractivity contribution in [3.63, 3.8) is 0 Å². The number of ketones is 1. The minimum absolute atomic E-state index is 0.287. The lowest BCUT2D eigenvalue weighted by Crippen LogP contribution is -2.42. The maximum Gasteiger partial charge on any atom is 0.137 e. The van der Waals surface area contributed by atoms with E-state index in [9.17, 15) is 4.79 Å². The summed E-state index contributed by atoms with van der Waals surface area (Å²) in [6, 6.07) is 0.573. The molecule has 2 saturated carbocycles. The lowest BCUT2D eigenvalue weighted by molar-refractivity contribution is -0.128. The molecular formula is C16H29NO. The molecule has 1 unspecified atom stereocenters. The van der Waals surface area contributed by atoms with Crippen LogP contribution in [-0.4, -0.2) is 29.8 Å². The molecule has 0 saturated heterocycles. The second kappa shape index (κ2) is 5.32. The van der Waals surface area contributed by atoms with Gasteiger partial charge in [0.25, 0.3) is 0 Å². The van der Waals surface area contributed by atoms with Gasteiger partial charge in [-0.2, -0.15) is 0 Å². The first-order valence-corrected chi connectivity index (χ1v) is 7.64. The number of nitrogens with zero attached hydrogens (tertiary/aromatic N) is 1. The van der Waals surface area contributed by atoms with Crippen molar-refractivity contribution < 1.29 is 4.79 Å². The van der Waals surface area contributed by atoms with Crippen molar-refractivity contribution in [3.8, 4) is 0 Å². The predicted molar refractivity (Wildman–Crippen MR) is 75.6 cm³/mol. The van der Waals surface area contributed by atoms with E-state index in [1.54, 1.807) is 0 Å². The molecule has 0 N–H and O–H groups in total. The summed E-state index contributed by atoms with van der Waals surface area (Å²) in [5, 5.41) is 0. The fourth-order valence-electron chi connectivity index (χ4n) is 3.13. The van der Waals surface area contributed by atoms with Gasteiger partial charge in [-0.1, -0.05) is 13.8 Å². The molecule has 0 aromatic rings. The van der Waals surface area contributed by atoms with Crippen molar-refractivity contribution in [1.29, 1.82) is 0 Å². The average Bonchev–Trinajstić information content (AvgIpc) is 3.06. The average molecular weight is 251 g/mol. The molecule has 0 bridgehead atoms. The molecule has 0 amide bonds. The van der Waals surface area contributed by atoms with E-state index < -0.39 is 0 Å². The van der Waals surface area contributed by atoms with Crippen molar-refractivity contribution in [2.75, 3.05) is 13.1 Å². The van der Waals surface area contributed by atoms with Crippen LogP contribution in [0.4, 0.5) is 0 Å². The van der Waals surface area contributed by atoms with E-state index >= 15 is 0 Å². The molecule has 18 heavy (non-hydrogen) atoms. The van der Waals surface area contributed by atoms with E-state index in [1.165, 1.54) is 19.4 Å². The van der Waals surface area contributed by atoms with Crippen LogP contribution in [0.25, 0.3) is 0 Å². The number of Topliss-reactive ketones (excluding diaryl/α,β-unsaturated/α-hetero) is 1. The first-order chi connectivity index (χ1) is 8.37. The van der Waals surface area contributed by atoms with E-state index in [0.717, 1.165) is 31.7 Å². The minimum Gasteiger partial charge on any atom is -0.300 e. The molecule has 2 fully saturated rings. The van der Waals surface area contributed by atoms with E-state index in [0.29, 0.717) is 17.2 Å². The summed E-state index contributed by atoms with van der Waals surface area (Å²) < 4.78 is 0. The molecule has 1 atom stereocenters. The highest BCUT2D eigenvalue weighted by Gasteiger charge is 2.35. The number of rotatable bonds is 5. The van der Waals surface area contributed by atoms with Crippen LogP contribution in [0, 0.1) is 17.3 Å². The third kappa shape index (κ3) is 3.81. The molecule has 104 valence electrons. The molecule has 2 aliphatic carbocycles. The fourth-order valence-corrected chi connectivity index (χ4v) is 3.13. The van der Waals surface area contributed by atoms with E-state index in [2.05, 4.69) is 32.6 Å². The van der Waals surface area contributed by atoms with Crippen molar-refractivity contribution in [2.45, 2.75) is 65.8 Å². The molecule has 0 spiro atoms. The van der Waals surface area contributed by atoms with Gasteiger partial charge in [0.05, 0.1) is 0 Å². The van der Waals surface area contributed by atoms with Gasteiger partial charge in [0, 0.05) is 31.5 Å². The second-order valence-corrected chi connectivity index (χ2v) is 7.52. The Hall–Kier alpha value is -0.370. The highest BCUT2D eigenvalue weighted by molar-refractivity contribution is 5.82. The Morgan fingerprint density at radius 3 is 2.50 bits per heavy atom. The smallest absolute Gasteiger partial charge is 0.137 e. The number of hydrogen-bond acceptors (Lipinski definition) is 2. The van der Waals surface area contributed by atoms with Gasteiger partial charge < -0.3 is 0 Å². The molecule has 2 rings (SSSR count). The predicted octanol–water partition coefficient (Wildman–Crippen LogP) is 3.50. The Morgan fingerprint density at radius 2 is 1.94 bits per heavy atom. The first kappa shape index (κ1) is 14.0. The molecule has 0 aromatic heterocycles. The zero-order valence-electron chi connectivity index (χ0n) is 12.5. The van der Waals surface area contributed by atoms with Gasteiger partial charge in [-0.3, -0.25) is 9.69 Å². The largest absolute Gasteiger partial charge is 0.300 e. The normalized spacial score (nSPS) is 28.1. The standard InChI is InChI=1S/C16H29NO/c1-12(2)17(10-13-5-6-13)11-14-9-16(3,4)8-7-15(14)18/h12-14H,5-11H2,1-4H3. The van der Waals surface area contributed by atoms with Crippen LogP contribution in [0.1, 0.15) is 59.8 Å². The third-order valence-corrected chi connectivity index (χ3v) is 4.68. The summed E-state index contributed by atoms with van der Waals surface area (Å²) in [7, 11) is 0. The summed E-state index contributed by atoms with van der Waals surface area (Å²) in [6.45, 7) is 11.4. The van der Waals surface area contributed by atoms with Crippen LogP contribution < -0.4 is 0 Å². The Morgan fingerprint density at radius 1 is 1.28 bits per heavy atom. The lowest BCUT2D eigenvalue weighted by atomic mass is 9.71. The quantitative estimate of drug-likeness (QED) is 0.745. The Balaban J connectivity index is 1.93. The molecule has 2 heteroatoms. The fraction of sp³-hybridized carbons (Fsp3) is 0.938. The Kier molecular flexibility index (Phi) is 4.15. The zero-order valence-corrected chi connectivity index (χ0v) is 12.5. The van der Waals surface area contributed by atoms with Crippen LogP contribution in [0.3, 0.4) is 0 Å². The van der Waals surface area contributed by atoms with Gasteiger partial charge in [-0.15, -0.1) is 0 Å². The lowest BCUT2D eigenvalue weighted by Gasteiger charge is -2.38. The maximum absolute atomic E-state index is 12.1. The summed E-state index contributed by atoms with van der Waals surface area (Å²) in [5.41, 5.74) is 0.362. The molecule has 2 aliphatic rings. The molecule has 0 aromatic carbocycles. The Bertz CT molecular complexity index is 304. The Labute approximate surface area is 112 Å². The van der Waals surface area contributed by atoms with Crippen molar-refractivity contribution in [3.05, 3.63) is 0 Å². The maximum atomic E-state index is 12.1. The van der Waals surface area contributed by atoms with E-state index in [1.807, 2.05) is 0 Å². The van der Waals surface area contributed by atoms with Crippen molar-refractivity contribution >= 4 is 5.78 Å². The summed E-state index contributed by atoms with van der Waals surface area (Å²) in [4.78, 5) is 14.7. The van der Waals surface area contributed by atoms with Crippen LogP contribution in [0.2, 0.25) is 0 Å². The molecule has 0 radical (unpaired) electrons. The van der Waals surface area contributed by atoms with Gasteiger partial charge in [-0.05, 0) is 50.9 Å². The van der Waals surface area contributed by atoms with Crippen molar-refractivity contribution in [1.82, 2.24) is 4.90 Å². The van der Waals surface area contributed by atoms with E-state index in [-0.39, 0.29) is 5.92 Å². The topological polar surface area (TPSA) is 20.3 Å². The third-order valence-electron chi connectivity index (χ3n) is 4.68. The summed E-state index contributed by atoms with van der Waals surface area (Å²) >= 11 is 0. The number of carbonyl (C=O) groups is 1. The van der Waals surface area contributed by atoms with Crippen LogP contribution in [0.15, 0.2) is 0 Å². The van der Waals surface area contributed by atoms with Gasteiger partial charge in [0.2, 0.25) is 0 Å². The molecule has 2 nitrogen and oxygen atoms in total. The van der Waals surface area contributed by atoms with Crippen molar-refractivity contribution in [2.24, 2.45) is 17.3 Å². The van der Waals surface area contributed by atoms with Gasteiger partial charge >= 0.3 is 0 Å².